The molecular weight excluding hydrogens is 1190 g/mol. The number of nitrogens with zero attached hydrogens (tertiary/aromatic N) is 9. The van der Waals surface area contributed by atoms with Gasteiger partial charge in [0.15, 0.2) is 13.2 Å². The van der Waals surface area contributed by atoms with Gasteiger partial charge in [-0.2, -0.15) is 26.3 Å². The Morgan fingerprint density at radius 1 is 0.640 bits per heavy atom. The summed E-state index contributed by atoms with van der Waals surface area (Å²) >= 11 is 5.83. The summed E-state index contributed by atoms with van der Waals surface area (Å²) in [5.74, 6) is -0.899. The van der Waals surface area contributed by atoms with Crippen molar-refractivity contribution in [3.63, 3.8) is 0 Å². The van der Waals surface area contributed by atoms with Gasteiger partial charge in [0.05, 0.1) is 50.9 Å². The molecule has 0 aliphatic heterocycles. The van der Waals surface area contributed by atoms with Crippen molar-refractivity contribution in [2.45, 2.75) is 125 Å². The number of rotatable bonds is 13. The van der Waals surface area contributed by atoms with Gasteiger partial charge in [-0.1, -0.05) is 42.8 Å². The van der Waals surface area contributed by atoms with Crippen LogP contribution in [0.5, 0.6) is 11.5 Å². The first-order valence-corrected chi connectivity index (χ1v) is 28.3. The second kappa shape index (κ2) is 29.6. The molecule has 10 rings (SSSR count). The van der Waals surface area contributed by atoms with Crippen molar-refractivity contribution in [2.75, 3.05) is 25.1 Å². The molecule has 4 aromatic carbocycles. The predicted molar refractivity (Wildman–Crippen MR) is 329 cm³/mol. The van der Waals surface area contributed by atoms with Crippen LogP contribution in [0.25, 0.3) is 55.2 Å². The molecule has 18 nitrogen and oxygen atoms in total. The molecular formula is C62H70ClF8N13O5. The van der Waals surface area contributed by atoms with E-state index in [1.165, 1.54) is 85.5 Å². The molecule has 2 atom stereocenters. The van der Waals surface area contributed by atoms with Crippen molar-refractivity contribution in [3.05, 3.63) is 170 Å². The monoisotopic (exact) mass is 1260 g/mol. The average Bonchev–Trinajstić information content (AvgIpc) is 1.50. The number of nitrogens with one attached hydrogen (secondary N) is 3. The molecule has 0 unspecified atom stereocenters. The maximum atomic E-state index is 14.7. The zero-order valence-electron chi connectivity index (χ0n) is 50.9. The normalized spacial score (nSPS) is 12.4. The zero-order valence-corrected chi connectivity index (χ0v) is 51.7. The van der Waals surface area contributed by atoms with Crippen molar-refractivity contribution in [1.82, 2.24) is 53.9 Å². The molecule has 0 amide bonds. The number of hydrogen-bond acceptors (Lipinski definition) is 14. The Labute approximate surface area is 512 Å². The predicted octanol–water partition coefficient (Wildman–Crippen LogP) is 13.5. The number of benzene rings is 4. The molecule has 0 saturated carbocycles. The van der Waals surface area contributed by atoms with Crippen molar-refractivity contribution < 1.29 is 49.7 Å². The minimum Gasteiger partial charge on any atom is -0.484 e. The largest absolute Gasteiger partial charge is 0.484 e. The number of aromatic amines is 2. The number of aryl methyl sites for hydroxylation is 2. The third kappa shape index (κ3) is 18.7. The van der Waals surface area contributed by atoms with Gasteiger partial charge >= 0.3 is 12.4 Å². The summed E-state index contributed by atoms with van der Waals surface area (Å²) < 4.78 is 116. The third-order valence-corrected chi connectivity index (χ3v) is 13.1. The smallest absolute Gasteiger partial charge is 0.422 e. The second-order valence-corrected chi connectivity index (χ2v) is 22.3. The maximum Gasteiger partial charge on any atom is 0.422 e. The number of nitrogens with two attached hydrogens (primary N) is 1. The van der Waals surface area contributed by atoms with Gasteiger partial charge in [0.1, 0.15) is 80.5 Å². The quantitative estimate of drug-likeness (QED) is 0.0534. The number of halogens is 9. The Kier molecular flexibility index (Phi) is 23.1. The van der Waals surface area contributed by atoms with Crippen LogP contribution in [0.4, 0.5) is 40.9 Å². The van der Waals surface area contributed by atoms with Gasteiger partial charge in [-0.3, -0.25) is 23.6 Å². The summed E-state index contributed by atoms with van der Waals surface area (Å²) in [6.45, 7) is 21.8. The number of anilines is 1. The Morgan fingerprint density at radius 2 is 1.06 bits per heavy atom. The molecule has 6 heterocycles. The molecule has 0 radical (unpaired) electrons. The topological polar surface area (TPSA) is 233 Å². The van der Waals surface area contributed by atoms with E-state index in [2.05, 4.69) is 84.7 Å². The van der Waals surface area contributed by atoms with Crippen LogP contribution in [0, 0.1) is 25.5 Å². The van der Waals surface area contributed by atoms with Crippen molar-refractivity contribution >= 4 is 61.3 Å². The van der Waals surface area contributed by atoms with E-state index < -0.39 is 66.0 Å². The highest BCUT2D eigenvalue weighted by Gasteiger charge is 2.30. The van der Waals surface area contributed by atoms with Gasteiger partial charge < -0.3 is 35.6 Å². The highest BCUT2D eigenvalue weighted by atomic mass is 35.5. The summed E-state index contributed by atoms with van der Waals surface area (Å²) in [7, 11) is 0. The lowest BCUT2D eigenvalue weighted by Crippen LogP contribution is -2.36. The van der Waals surface area contributed by atoms with Crippen LogP contribution in [0.1, 0.15) is 104 Å². The summed E-state index contributed by atoms with van der Waals surface area (Å²) in [6, 6.07) is 19.2. The van der Waals surface area contributed by atoms with Crippen LogP contribution >= 0.6 is 11.6 Å². The van der Waals surface area contributed by atoms with Crippen LogP contribution in [0.2, 0.25) is 5.15 Å². The number of fused-ring (bicyclic) bond motifs is 4. The first kappa shape index (κ1) is 69.5. The van der Waals surface area contributed by atoms with E-state index in [9.17, 15) is 44.7 Å². The lowest BCUT2D eigenvalue weighted by atomic mass is 10.2. The fourth-order valence-corrected chi connectivity index (χ4v) is 9.44. The molecule has 0 fully saturated rings. The fourth-order valence-electron chi connectivity index (χ4n) is 9.16. The Balaban J connectivity index is 0.000000209. The minimum atomic E-state index is -4.54. The molecule has 0 aliphatic rings. The fraction of sp³-hybridized carbons (Fsp3) is 0.355. The molecule has 6 N–H and O–H groups in total. The molecule has 0 saturated heterocycles. The number of alkyl halides is 6. The van der Waals surface area contributed by atoms with E-state index in [0.717, 1.165) is 55.4 Å². The van der Waals surface area contributed by atoms with Crippen LogP contribution < -0.4 is 31.6 Å². The highest BCUT2D eigenvalue weighted by Crippen LogP contribution is 2.30. The molecule has 0 bridgehead atoms. The van der Waals surface area contributed by atoms with Gasteiger partial charge in [0, 0.05) is 36.6 Å². The first-order chi connectivity index (χ1) is 41.7. The molecule has 0 spiro atoms. The lowest BCUT2D eigenvalue weighted by molar-refractivity contribution is -0.154. The molecule has 476 valence electrons. The number of ether oxygens (including phenoxy) is 2. The molecule has 6 aromatic heterocycles. The number of aromatic nitrogens is 10. The summed E-state index contributed by atoms with van der Waals surface area (Å²) in [5.41, 5.74) is 7.98. The van der Waals surface area contributed by atoms with Gasteiger partial charge in [-0.15, -0.1) is 0 Å². The minimum absolute atomic E-state index is 0.0963. The molecule has 10 aromatic rings. The van der Waals surface area contributed by atoms with Crippen molar-refractivity contribution in [1.29, 1.82) is 0 Å². The van der Waals surface area contributed by atoms with Crippen LogP contribution in [-0.2, 0) is 0 Å². The third-order valence-electron chi connectivity index (χ3n) is 12.8. The molecule has 89 heavy (non-hydrogen) atoms. The van der Waals surface area contributed by atoms with Crippen molar-refractivity contribution in [3.8, 4) is 22.9 Å². The summed E-state index contributed by atoms with van der Waals surface area (Å²) in [4.78, 5) is 60.2. The zero-order chi connectivity index (χ0) is 65.9. The van der Waals surface area contributed by atoms with Gasteiger partial charge in [0.25, 0.3) is 11.1 Å². The van der Waals surface area contributed by atoms with Crippen molar-refractivity contribution in [2.24, 2.45) is 5.73 Å². The second-order valence-electron chi connectivity index (χ2n) is 21.9. The SMILES string of the molecule is CC(C)(C)O.CCN(C(C)C)C(C)C.C[C@H](N)c1nc2cccc(F)c2c(=O)n1-c1cccc(OCC(F)(F)F)c1.Cc1c[nH]c2ncnc(Cl)c12.Cc1c[nH]c2ncnc(N[C@@H](C)c3nc4cccc(F)c4c(=O)n3-c3cccc(OCC(F)(F)F)c3)c12. The Hall–Kier alpha value is -8.59. The standard InChI is InChI=1S/C25H20F4N6O2.C18H15F4N3O2.C8H19N.C7H6ClN3.C4H10O/c1-13-10-30-21-19(13)22(32-12-31-21)33-14(2)23-34-18-8-4-7-17(26)20(18)24(36)35(23)15-5-3-6-16(9-15)37-11-25(27,28)29;1-10(23)16-24-14-7-3-6-13(19)15(14)17(26)25(16)11-4-2-5-12(8-11)27-9-18(20,21)22;1-6-9(7(2)3)8(4)5;1-4-2-9-7-5(4)6(8)10-3-11-7;1-4(2,3)5/h3-10,12,14H,11H2,1-2H3,(H2,30,31,32,33);2-8,10H,9,23H2,1H3;7-8H,6H2,1-5H3;2-3H,1H3,(H,9,10,11);5H,1-3H3/t14-;10-;;;/m00.../s1. The van der Waals surface area contributed by atoms with Gasteiger partial charge in [-0.25, -0.2) is 38.7 Å². The molecule has 27 heteroatoms. The average molecular weight is 1260 g/mol. The van der Waals surface area contributed by atoms with E-state index in [1.807, 2.05) is 20.0 Å². The van der Waals surface area contributed by atoms with Gasteiger partial charge in [-0.05, 0) is 142 Å². The van der Waals surface area contributed by atoms with E-state index in [1.54, 1.807) is 40.8 Å². The van der Waals surface area contributed by atoms with E-state index in [-0.39, 0.29) is 56.3 Å². The van der Waals surface area contributed by atoms with Crippen LogP contribution in [0.3, 0.4) is 0 Å². The van der Waals surface area contributed by atoms with Gasteiger partial charge in [0.2, 0.25) is 0 Å². The van der Waals surface area contributed by atoms with Crippen LogP contribution in [0.15, 0.2) is 120 Å². The Morgan fingerprint density at radius 3 is 1.47 bits per heavy atom. The lowest BCUT2D eigenvalue weighted by Gasteiger charge is -2.28. The van der Waals surface area contributed by atoms with E-state index >= 15 is 0 Å². The molecule has 0 aliphatic carbocycles. The Bertz CT molecular complexity index is 4130. The maximum absolute atomic E-state index is 14.7. The first-order valence-electron chi connectivity index (χ1n) is 27.9. The summed E-state index contributed by atoms with van der Waals surface area (Å²) in [6.07, 6.45) is -2.56. The van der Waals surface area contributed by atoms with E-state index in [4.69, 9.17) is 31.9 Å². The summed E-state index contributed by atoms with van der Waals surface area (Å²) in [5, 5.41) is 13.4. The number of hydrogen-bond donors (Lipinski definition) is 5. The highest BCUT2D eigenvalue weighted by molar-refractivity contribution is 6.34. The number of H-pyrrole nitrogens is 2. The number of aliphatic hydroxyl groups is 1. The van der Waals surface area contributed by atoms with E-state index in [0.29, 0.717) is 28.7 Å². The van der Waals surface area contributed by atoms with Crippen LogP contribution in [-0.4, -0.2) is 109 Å².